The zero-order chi connectivity index (χ0) is 13.9. The predicted molar refractivity (Wildman–Crippen MR) is 69.2 cm³/mol. The van der Waals surface area contributed by atoms with Gasteiger partial charge >= 0.3 is 5.97 Å². The number of ether oxygens (including phenoxy) is 1. The number of hydrogen-bond donors (Lipinski definition) is 2. The fourth-order valence-electron chi connectivity index (χ4n) is 4.70. The molecule has 2 aliphatic carbocycles. The van der Waals surface area contributed by atoms with E-state index in [4.69, 9.17) is 4.74 Å². The van der Waals surface area contributed by atoms with Crippen LogP contribution in [0.3, 0.4) is 0 Å². The first-order valence-corrected chi connectivity index (χ1v) is 7.13. The zero-order valence-electron chi connectivity index (χ0n) is 11.7. The van der Waals surface area contributed by atoms with Gasteiger partial charge in [0.2, 0.25) is 0 Å². The molecule has 0 aromatic rings. The van der Waals surface area contributed by atoms with Gasteiger partial charge in [-0.15, -0.1) is 0 Å². The van der Waals surface area contributed by atoms with E-state index in [0.717, 1.165) is 24.0 Å². The summed E-state index contributed by atoms with van der Waals surface area (Å²) in [5.74, 6) is 0.0903. The van der Waals surface area contributed by atoms with Crippen LogP contribution >= 0.6 is 0 Å². The van der Waals surface area contributed by atoms with Crippen molar-refractivity contribution in [3.8, 4) is 0 Å². The highest BCUT2D eigenvalue weighted by Crippen LogP contribution is 2.58. The third-order valence-corrected chi connectivity index (χ3v) is 5.71. The Bertz CT molecular complexity index is 455. The lowest BCUT2D eigenvalue weighted by Crippen LogP contribution is -2.61. The fraction of sp³-hybridized carbons (Fsp3) is 0.800. The van der Waals surface area contributed by atoms with Crippen LogP contribution in [0.4, 0.5) is 0 Å². The van der Waals surface area contributed by atoms with Crippen molar-refractivity contribution in [1.82, 2.24) is 0 Å². The van der Waals surface area contributed by atoms with Gasteiger partial charge in [-0.25, -0.2) is 0 Å². The van der Waals surface area contributed by atoms with Crippen molar-refractivity contribution in [3.05, 3.63) is 11.1 Å². The van der Waals surface area contributed by atoms with Crippen LogP contribution in [0.5, 0.6) is 0 Å². The first-order chi connectivity index (χ1) is 8.87. The standard InChI is InChI=1S/C15H22O4/c1-7-4-5-10-15(3)9(6-11(16)19-10)8(2)13(17)14(18)12(7)15/h7,10,12-14,17-18H,4-6H2,1-3H3/t7-,10+,12-,13-,14+,15+/m1/s1. The second-order valence-electron chi connectivity index (χ2n) is 6.62. The van der Waals surface area contributed by atoms with Crippen molar-refractivity contribution in [1.29, 1.82) is 0 Å². The van der Waals surface area contributed by atoms with Gasteiger partial charge in [0, 0.05) is 11.3 Å². The Labute approximate surface area is 113 Å². The molecule has 0 amide bonds. The van der Waals surface area contributed by atoms with Crippen LogP contribution in [-0.4, -0.2) is 34.5 Å². The summed E-state index contributed by atoms with van der Waals surface area (Å²) in [4.78, 5) is 11.8. The van der Waals surface area contributed by atoms with Gasteiger partial charge in [0.15, 0.2) is 0 Å². The summed E-state index contributed by atoms with van der Waals surface area (Å²) in [5.41, 5.74) is 1.46. The Balaban J connectivity index is 2.18. The highest BCUT2D eigenvalue weighted by Gasteiger charge is 2.60. The Kier molecular flexibility index (Phi) is 2.81. The predicted octanol–water partition coefficient (Wildman–Crippen LogP) is 1.41. The Morgan fingerprint density at radius 1 is 1.32 bits per heavy atom. The molecule has 2 fully saturated rings. The van der Waals surface area contributed by atoms with Crippen LogP contribution < -0.4 is 0 Å². The van der Waals surface area contributed by atoms with E-state index in [0.29, 0.717) is 5.92 Å². The Morgan fingerprint density at radius 3 is 2.68 bits per heavy atom. The molecule has 4 nitrogen and oxygen atoms in total. The lowest BCUT2D eigenvalue weighted by molar-refractivity contribution is -0.185. The molecule has 0 bridgehead atoms. The van der Waals surface area contributed by atoms with Gasteiger partial charge in [-0.2, -0.15) is 0 Å². The minimum atomic E-state index is -0.847. The molecule has 0 spiro atoms. The molecule has 3 aliphatic rings. The molecule has 2 N–H and O–H groups in total. The van der Waals surface area contributed by atoms with Gasteiger partial charge in [-0.05, 0) is 36.8 Å². The van der Waals surface area contributed by atoms with E-state index in [2.05, 4.69) is 13.8 Å². The largest absolute Gasteiger partial charge is 0.461 e. The van der Waals surface area contributed by atoms with Crippen LogP contribution in [0.2, 0.25) is 0 Å². The van der Waals surface area contributed by atoms with E-state index < -0.39 is 12.2 Å². The van der Waals surface area contributed by atoms with Gasteiger partial charge in [0.25, 0.3) is 0 Å². The van der Waals surface area contributed by atoms with Crippen LogP contribution in [0.15, 0.2) is 11.1 Å². The lowest BCUT2D eigenvalue weighted by atomic mass is 9.51. The average molecular weight is 266 g/mol. The number of esters is 1. The lowest BCUT2D eigenvalue weighted by Gasteiger charge is -2.58. The van der Waals surface area contributed by atoms with Crippen molar-refractivity contribution in [2.24, 2.45) is 17.3 Å². The highest BCUT2D eigenvalue weighted by molar-refractivity contribution is 5.75. The number of carbonyl (C=O) groups is 1. The van der Waals surface area contributed by atoms with Crippen LogP contribution in [0.1, 0.15) is 40.0 Å². The Morgan fingerprint density at radius 2 is 2.00 bits per heavy atom. The van der Waals surface area contributed by atoms with Gasteiger partial charge in [0.1, 0.15) is 12.2 Å². The second-order valence-corrected chi connectivity index (χ2v) is 6.62. The maximum absolute atomic E-state index is 11.8. The quantitative estimate of drug-likeness (QED) is 0.514. The molecule has 0 radical (unpaired) electrons. The molecule has 0 unspecified atom stereocenters. The van der Waals surface area contributed by atoms with Gasteiger partial charge in [-0.3, -0.25) is 4.79 Å². The van der Waals surface area contributed by atoms with Gasteiger partial charge in [0.05, 0.1) is 12.5 Å². The molecule has 4 heteroatoms. The second kappa shape index (κ2) is 4.06. The summed E-state index contributed by atoms with van der Waals surface area (Å²) < 4.78 is 5.54. The van der Waals surface area contributed by atoms with Crippen LogP contribution in [0, 0.1) is 17.3 Å². The van der Waals surface area contributed by atoms with Crippen LogP contribution in [-0.2, 0) is 9.53 Å². The number of carbonyl (C=O) groups excluding carboxylic acids is 1. The van der Waals surface area contributed by atoms with Gasteiger partial charge in [-0.1, -0.05) is 13.8 Å². The minimum Gasteiger partial charge on any atom is -0.461 e. The maximum atomic E-state index is 11.8. The molecule has 1 heterocycles. The summed E-state index contributed by atoms with van der Waals surface area (Å²) >= 11 is 0. The van der Waals surface area contributed by atoms with Crippen molar-refractivity contribution in [2.45, 2.75) is 58.3 Å². The molecular weight excluding hydrogens is 244 g/mol. The first kappa shape index (κ1) is 13.1. The smallest absolute Gasteiger partial charge is 0.310 e. The van der Waals surface area contributed by atoms with Crippen molar-refractivity contribution < 1.29 is 19.7 Å². The molecule has 1 saturated carbocycles. The van der Waals surface area contributed by atoms with E-state index in [1.807, 2.05) is 6.92 Å². The van der Waals surface area contributed by atoms with Crippen LogP contribution in [0.25, 0.3) is 0 Å². The van der Waals surface area contributed by atoms with Gasteiger partial charge < -0.3 is 14.9 Å². The molecule has 0 aromatic heterocycles. The SMILES string of the molecule is CC1=C2CC(=O)O[C@H]3CC[C@@H](C)[C@H]([C@H](O)[C@@H]1O)[C@@]23C. The van der Waals surface area contributed by atoms with Crippen molar-refractivity contribution in [3.63, 3.8) is 0 Å². The summed E-state index contributed by atoms with van der Waals surface area (Å²) in [6.45, 7) is 6.05. The fourth-order valence-corrected chi connectivity index (χ4v) is 4.70. The summed E-state index contributed by atoms with van der Waals surface area (Å²) in [6.07, 6.45) is 0.269. The van der Waals surface area contributed by atoms with Crippen molar-refractivity contribution >= 4 is 5.97 Å². The number of hydrogen-bond acceptors (Lipinski definition) is 4. The van der Waals surface area contributed by atoms with Crippen molar-refractivity contribution in [2.75, 3.05) is 0 Å². The third kappa shape index (κ3) is 1.56. The molecule has 1 saturated heterocycles. The van der Waals surface area contributed by atoms with E-state index in [1.165, 1.54) is 0 Å². The molecule has 106 valence electrons. The molecule has 3 rings (SSSR count). The van der Waals surface area contributed by atoms with E-state index in [1.54, 1.807) is 0 Å². The Hall–Kier alpha value is -0.870. The summed E-state index contributed by atoms with van der Waals surface area (Å²) in [7, 11) is 0. The molecule has 1 aliphatic heterocycles. The van der Waals surface area contributed by atoms with E-state index >= 15 is 0 Å². The van der Waals surface area contributed by atoms with E-state index in [9.17, 15) is 15.0 Å². The highest BCUT2D eigenvalue weighted by atomic mass is 16.5. The number of aliphatic hydroxyl groups is 2. The molecule has 0 aromatic carbocycles. The summed E-state index contributed by atoms with van der Waals surface area (Å²) in [5, 5.41) is 20.7. The first-order valence-electron chi connectivity index (χ1n) is 7.13. The number of aliphatic hydroxyl groups excluding tert-OH is 2. The maximum Gasteiger partial charge on any atom is 0.310 e. The molecule has 19 heavy (non-hydrogen) atoms. The normalized spacial score (nSPS) is 49.7. The minimum absolute atomic E-state index is 0.0342. The average Bonchev–Trinajstić information content (AvgIpc) is 2.35. The monoisotopic (exact) mass is 266 g/mol. The van der Waals surface area contributed by atoms with E-state index in [-0.39, 0.29) is 29.8 Å². The zero-order valence-corrected chi connectivity index (χ0v) is 11.7. The molecular formula is C15H22O4. The molecule has 6 atom stereocenters. The summed E-state index contributed by atoms with van der Waals surface area (Å²) in [6, 6.07) is 0. The number of rotatable bonds is 0. The third-order valence-electron chi connectivity index (χ3n) is 5.71. The topological polar surface area (TPSA) is 66.8 Å².